The molecule has 1 atom stereocenters. The fourth-order valence-electron chi connectivity index (χ4n) is 3.49. The molecule has 0 aliphatic heterocycles. The SMILES string of the molecule is CCNC(Cc1cc(Br)ccc1F)C1CCCCCCC1. The van der Waals surface area contributed by atoms with Gasteiger partial charge in [0.1, 0.15) is 5.82 Å². The van der Waals surface area contributed by atoms with Gasteiger partial charge in [-0.1, -0.05) is 55.0 Å². The zero-order valence-corrected chi connectivity index (χ0v) is 14.6. The number of benzene rings is 1. The van der Waals surface area contributed by atoms with Crippen LogP contribution in [0, 0.1) is 11.7 Å². The second kappa shape index (κ2) is 8.89. The van der Waals surface area contributed by atoms with Crippen molar-refractivity contribution in [3.05, 3.63) is 34.1 Å². The van der Waals surface area contributed by atoms with Crippen LogP contribution in [-0.2, 0) is 6.42 Å². The van der Waals surface area contributed by atoms with Gasteiger partial charge in [0.05, 0.1) is 0 Å². The molecular formula is C18H27BrFN. The Bertz CT molecular complexity index is 427. The quantitative estimate of drug-likeness (QED) is 0.738. The summed E-state index contributed by atoms with van der Waals surface area (Å²) in [5.74, 6) is 0.607. The minimum atomic E-state index is -0.0769. The lowest BCUT2D eigenvalue weighted by atomic mass is 9.83. The van der Waals surface area contributed by atoms with Crippen molar-refractivity contribution >= 4 is 15.9 Å². The highest BCUT2D eigenvalue weighted by Crippen LogP contribution is 2.27. The molecule has 0 heterocycles. The molecule has 0 radical (unpaired) electrons. The van der Waals surface area contributed by atoms with E-state index in [9.17, 15) is 4.39 Å². The molecule has 3 heteroatoms. The normalized spacial score (nSPS) is 19.0. The van der Waals surface area contributed by atoms with Crippen LogP contribution in [-0.4, -0.2) is 12.6 Å². The van der Waals surface area contributed by atoms with Gasteiger partial charge in [-0.15, -0.1) is 0 Å². The summed E-state index contributed by atoms with van der Waals surface area (Å²) in [4.78, 5) is 0. The number of halogens is 2. The molecule has 0 saturated heterocycles. The zero-order chi connectivity index (χ0) is 15.1. The second-order valence-electron chi connectivity index (χ2n) is 6.21. The standard InChI is InChI=1S/C18H27BrFN/c1-2-21-18(14-8-6-4-3-5-7-9-14)13-15-12-16(19)10-11-17(15)20/h10-12,14,18,21H,2-9,13H2,1H3. The number of likely N-dealkylation sites (N-methyl/N-ethyl adjacent to an activating group) is 1. The Morgan fingerprint density at radius 1 is 1.19 bits per heavy atom. The van der Waals surface area contributed by atoms with E-state index in [1.54, 1.807) is 12.1 Å². The highest BCUT2D eigenvalue weighted by molar-refractivity contribution is 9.10. The summed E-state index contributed by atoms with van der Waals surface area (Å²) in [5.41, 5.74) is 0.831. The molecule has 2 rings (SSSR count). The fraction of sp³-hybridized carbons (Fsp3) is 0.667. The van der Waals surface area contributed by atoms with E-state index in [-0.39, 0.29) is 5.82 Å². The number of nitrogens with one attached hydrogen (secondary N) is 1. The van der Waals surface area contributed by atoms with Crippen LogP contribution in [0.25, 0.3) is 0 Å². The third-order valence-electron chi connectivity index (χ3n) is 4.63. The summed E-state index contributed by atoms with van der Waals surface area (Å²) in [6, 6.07) is 5.68. The number of rotatable bonds is 5. The largest absolute Gasteiger partial charge is 0.314 e. The number of hydrogen-bond donors (Lipinski definition) is 1. The van der Waals surface area contributed by atoms with Crippen LogP contribution < -0.4 is 5.32 Å². The summed E-state index contributed by atoms with van der Waals surface area (Å²) in [6.45, 7) is 3.10. The van der Waals surface area contributed by atoms with Crippen LogP contribution in [0.4, 0.5) is 4.39 Å². The molecule has 0 spiro atoms. The molecule has 0 amide bonds. The molecule has 1 aliphatic rings. The summed E-state index contributed by atoms with van der Waals surface area (Å²) >= 11 is 3.46. The van der Waals surface area contributed by atoms with E-state index < -0.39 is 0 Å². The first-order valence-corrected chi connectivity index (χ1v) is 9.17. The average molecular weight is 356 g/mol. The van der Waals surface area contributed by atoms with Gasteiger partial charge < -0.3 is 5.32 Å². The van der Waals surface area contributed by atoms with E-state index in [1.807, 2.05) is 6.07 Å². The summed E-state index contributed by atoms with van der Waals surface area (Å²) < 4.78 is 15.0. The van der Waals surface area contributed by atoms with Crippen LogP contribution in [0.3, 0.4) is 0 Å². The van der Waals surface area contributed by atoms with E-state index in [0.29, 0.717) is 12.0 Å². The van der Waals surface area contributed by atoms with Crippen molar-refractivity contribution < 1.29 is 4.39 Å². The minimum Gasteiger partial charge on any atom is -0.314 e. The molecule has 1 saturated carbocycles. The molecule has 0 bridgehead atoms. The van der Waals surface area contributed by atoms with E-state index in [4.69, 9.17) is 0 Å². The fourth-order valence-corrected chi connectivity index (χ4v) is 3.90. The van der Waals surface area contributed by atoms with Crippen molar-refractivity contribution in [2.24, 2.45) is 5.92 Å². The first-order chi connectivity index (χ1) is 10.2. The lowest BCUT2D eigenvalue weighted by molar-refractivity contribution is 0.284. The third kappa shape index (κ3) is 5.37. The monoisotopic (exact) mass is 355 g/mol. The Labute approximate surface area is 136 Å². The Hall–Kier alpha value is -0.410. The van der Waals surface area contributed by atoms with Crippen molar-refractivity contribution in [2.75, 3.05) is 6.54 Å². The van der Waals surface area contributed by atoms with Crippen molar-refractivity contribution in [2.45, 2.75) is 64.3 Å². The van der Waals surface area contributed by atoms with Gasteiger partial charge in [0.25, 0.3) is 0 Å². The smallest absolute Gasteiger partial charge is 0.126 e. The van der Waals surface area contributed by atoms with E-state index in [0.717, 1.165) is 23.0 Å². The van der Waals surface area contributed by atoms with E-state index >= 15 is 0 Å². The van der Waals surface area contributed by atoms with Crippen LogP contribution in [0.5, 0.6) is 0 Å². The highest BCUT2D eigenvalue weighted by atomic mass is 79.9. The van der Waals surface area contributed by atoms with Crippen LogP contribution >= 0.6 is 15.9 Å². The first kappa shape index (κ1) is 17.0. The van der Waals surface area contributed by atoms with Gasteiger partial charge in [-0.2, -0.15) is 0 Å². The molecule has 1 N–H and O–H groups in total. The molecule has 21 heavy (non-hydrogen) atoms. The maximum Gasteiger partial charge on any atom is 0.126 e. The Morgan fingerprint density at radius 2 is 1.86 bits per heavy atom. The lowest BCUT2D eigenvalue weighted by Gasteiger charge is -2.30. The van der Waals surface area contributed by atoms with Crippen LogP contribution in [0.15, 0.2) is 22.7 Å². The highest BCUT2D eigenvalue weighted by Gasteiger charge is 2.22. The minimum absolute atomic E-state index is 0.0769. The zero-order valence-electron chi connectivity index (χ0n) is 13.0. The summed E-state index contributed by atoms with van der Waals surface area (Å²) in [7, 11) is 0. The molecule has 1 aromatic rings. The summed E-state index contributed by atoms with van der Waals surface area (Å²) in [5, 5.41) is 3.61. The van der Waals surface area contributed by atoms with Crippen LogP contribution in [0.2, 0.25) is 0 Å². The van der Waals surface area contributed by atoms with Gasteiger partial charge in [0.2, 0.25) is 0 Å². The van der Waals surface area contributed by atoms with Crippen molar-refractivity contribution in [1.29, 1.82) is 0 Å². The lowest BCUT2D eigenvalue weighted by Crippen LogP contribution is -2.38. The van der Waals surface area contributed by atoms with Gasteiger partial charge >= 0.3 is 0 Å². The number of hydrogen-bond acceptors (Lipinski definition) is 1. The second-order valence-corrected chi connectivity index (χ2v) is 7.12. The Morgan fingerprint density at radius 3 is 2.52 bits per heavy atom. The molecular weight excluding hydrogens is 329 g/mol. The predicted octanol–water partition coefficient (Wildman–Crippen LogP) is 5.47. The molecule has 1 fully saturated rings. The van der Waals surface area contributed by atoms with Gasteiger partial charge in [-0.25, -0.2) is 4.39 Å². The van der Waals surface area contributed by atoms with Gasteiger partial charge in [-0.05, 0) is 55.5 Å². The van der Waals surface area contributed by atoms with Crippen LogP contribution in [0.1, 0.15) is 57.4 Å². The molecule has 118 valence electrons. The molecule has 1 aliphatic carbocycles. The topological polar surface area (TPSA) is 12.0 Å². The Balaban J connectivity index is 2.07. The Kier molecular flexibility index (Phi) is 7.18. The molecule has 1 unspecified atom stereocenters. The summed E-state index contributed by atoms with van der Waals surface area (Å²) in [6.07, 6.45) is 10.1. The van der Waals surface area contributed by atoms with Gasteiger partial charge in [-0.3, -0.25) is 0 Å². The third-order valence-corrected chi connectivity index (χ3v) is 5.13. The first-order valence-electron chi connectivity index (χ1n) is 8.38. The molecule has 1 nitrogen and oxygen atoms in total. The van der Waals surface area contributed by atoms with Crippen molar-refractivity contribution in [1.82, 2.24) is 5.32 Å². The maximum absolute atomic E-state index is 14.0. The van der Waals surface area contributed by atoms with E-state index in [2.05, 4.69) is 28.2 Å². The van der Waals surface area contributed by atoms with Gasteiger partial charge in [0, 0.05) is 10.5 Å². The predicted molar refractivity (Wildman–Crippen MR) is 91.1 cm³/mol. The average Bonchev–Trinajstić information content (AvgIpc) is 2.42. The van der Waals surface area contributed by atoms with Crippen molar-refractivity contribution in [3.63, 3.8) is 0 Å². The van der Waals surface area contributed by atoms with E-state index in [1.165, 1.54) is 44.9 Å². The maximum atomic E-state index is 14.0. The molecule has 1 aromatic carbocycles. The van der Waals surface area contributed by atoms with Crippen molar-refractivity contribution in [3.8, 4) is 0 Å². The molecule has 0 aromatic heterocycles. The van der Waals surface area contributed by atoms with Gasteiger partial charge in [0.15, 0.2) is 0 Å².